The number of aliphatic hydroxyl groups is 1. The molecule has 112 valence electrons. The summed E-state index contributed by atoms with van der Waals surface area (Å²) in [6, 6.07) is 7.53. The van der Waals surface area contributed by atoms with Crippen LogP contribution in [0.3, 0.4) is 0 Å². The number of amides is 1. The van der Waals surface area contributed by atoms with Gasteiger partial charge < -0.3 is 19.9 Å². The number of carbonyl (C=O) groups excluding carboxylic acids is 1. The van der Waals surface area contributed by atoms with Crippen LogP contribution in [-0.4, -0.2) is 44.5 Å². The van der Waals surface area contributed by atoms with Crippen LogP contribution in [0.5, 0.6) is 5.75 Å². The van der Waals surface area contributed by atoms with E-state index in [0.717, 1.165) is 11.3 Å². The van der Waals surface area contributed by atoms with Gasteiger partial charge in [0.2, 0.25) is 5.91 Å². The van der Waals surface area contributed by atoms with Crippen molar-refractivity contribution in [2.75, 3.05) is 27.4 Å². The molecule has 0 aliphatic heterocycles. The number of aliphatic hydroxyl groups excluding tert-OH is 1. The topological polar surface area (TPSA) is 67.8 Å². The molecule has 20 heavy (non-hydrogen) atoms. The van der Waals surface area contributed by atoms with Gasteiger partial charge in [-0.25, -0.2) is 0 Å². The summed E-state index contributed by atoms with van der Waals surface area (Å²) in [4.78, 5) is 11.8. The van der Waals surface area contributed by atoms with Crippen LogP contribution < -0.4 is 10.1 Å². The molecular formula is C15H23NO4. The molecule has 0 saturated heterocycles. The average molecular weight is 281 g/mol. The number of ether oxygens (including phenoxy) is 2. The summed E-state index contributed by atoms with van der Waals surface area (Å²) in [6.07, 6.45) is 1.59. The lowest BCUT2D eigenvalue weighted by Gasteiger charge is -2.16. The van der Waals surface area contributed by atoms with E-state index in [4.69, 9.17) is 14.6 Å². The van der Waals surface area contributed by atoms with Crippen LogP contribution in [0, 0.1) is 0 Å². The lowest BCUT2D eigenvalue weighted by molar-refractivity contribution is -0.122. The first kappa shape index (κ1) is 16.5. The van der Waals surface area contributed by atoms with Gasteiger partial charge in [-0.1, -0.05) is 12.1 Å². The van der Waals surface area contributed by atoms with Gasteiger partial charge in [0.05, 0.1) is 19.8 Å². The average Bonchev–Trinajstić information content (AvgIpc) is 2.46. The van der Waals surface area contributed by atoms with Gasteiger partial charge in [0.25, 0.3) is 0 Å². The van der Waals surface area contributed by atoms with Crippen LogP contribution in [0.2, 0.25) is 0 Å². The van der Waals surface area contributed by atoms with Crippen molar-refractivity contribution in [3.05, 3.63) is 29.8 Å². The number of rotatable bonds is 9. The zero-order valence-electron chi connectivity index (χ0n) is 12.1. The number of hydrogen-bond acceptors (Lipinski definition) is 4. The highest BCUT2D eigenvalue weighted by Crippen LogP contribution is 2.12. The quantitative estimate of drug-likeness (QED) is 0.712. The van der Waals surface area contributed by atoms with E-state index in [9.17, 15) is 4.79 Å². The normalized spacial score (nSPS) is 11.9. The third-order valence-electron chi connectivity index (χ3n) is 3.01. The largest absolute Gasteiger partial charge is 0.497 e. The van der Waals surface area contributed by atoms with Crippen LogP contribution in [0.25, 0.3) is 0 Å². The molecular weight excluding hydrogens is 258 g/mol. The zero-order chi connectivity index (χ0) is 14.8. The number of benzene rings is 1. The highest BCUT2D eigenvalue weighted by Gasteiger charge is 2.11. The smallest absolute Gasteiger partial charge is 0.220 e. The molecule has 5 nitrogen and oxygen atoms in total. The highest BCUT2D eigenvalue weighted by molar-refractivity contribution is 5.76. The number of nitrogens with one attached hydrogen (secondary N) is 1. The Morgan fingerprint density at radius 2 is 2.00 bits per heavy atom. The molecule has 1 rings (SSSR count). The SMILES string of the molecule is COCC(CCO)NC(=O)CCc1ccc(OC)cc1. The van der Waals surface area contributed by atoms with E-state index in [2.05, 4.69) is 5.32 Å². The fourth-order valence-corrected chi connectivity index (χ4v) is 1.90. The summed E-state index contributed by atoms with van der Waals surface area (Å²) in [5.74, 6) is 0.776. The maximum absolute atomic E-state index is 11.8. The second-order valence-corrected chi connectivity index (χ2v) is 4.58. The molecule has 0 aromatic heterocycles. The number of carbonyl (C=O) groups is 1. The highest BCUT2D eigenvalue weighted by atomic mass is 16.5. The van der Waals surface area contributed by atoms with Gasteiger partial charge in [-0.3, -0.25) is 4.79 Å². The maximum atomic E-state index is 11.8. The van der Waals surface area contributed by atoms with Crippen LogP contribution in [0.4, 0.5) is 0 Å². The molecule has 0 fully saturated rings. The lowest BCUT2D eigenvalue weighted by atomic mass is 10.1. The predicted octanol–water partition coefficient (Wildman–Crippen LogP) is 1.14. The fourth-order valence-electron chi connectivity index (χ4n) is 1.90. The van der Waals surface area contributed by atoms with E-state index < -0.39 is 0 Å². The number of aryl methyl sites for hydroxylation is 1. The predicted molar refractivity (Wildman–Crippen MR) is 76.8 cm³/mol. The third-order valence-corrected chi connectivity index (χ3v) is 3.01. The molecule has 1 atom stereocenters. The molecule has 0 spiro atoms. The Bertz CT molecular complexity index is 385. The van der Waals surface area contributed by atoms with Crippen molar-refractivity contribution < 1.29 is 19.4 Å². The number of hydrogen-bond donors (Lipinski definition) is 2. The summed E-state index contributed by atoms with van der Waals surface area (Å²) in [6.45, 7) is 0.446. The van der Waals surface area contributed by atoms with Crippen molar-refractivity contribution in [1.82, 2.24) is 5.32 Å². The van der Waals surface area contributed by atoms with E-state index in [1.165, 1.54) is 0 Å². The minimum atomic E-state index is -0.131. The molecule has 1 aromatic carbocycles. The van der Waals surface area contributed by atoms with Crippen molar-refractivity contribution in [2.45, 2.75) is 25.3 Å². The van der Waals surface area contributed by atoms with Gasteiger partial charge in [0.1, 0.15) is 5.75 Å². The molecule has 0 heterocycles. The van der Waals surface area contributed by atoms with Crippen molar-refractivity contribution >= 4 is 5.91 Å². The summed E-state index contributed by atoms with van der Waals surface area (Å²) in [5.41, 5.74) is 1.09. The molecule has 5 heteroatoms. The summed E-state index contributed by atoms with van der Waals surface area (Å²) >= 11 is 0. The molecule has 1 aromatic rings. The molecule has 0 bridgehead atoms. The first-order valence-corrected chi connectivity index (χ1v) is 6.71. The zero-order valence-corrected chi connectivity index (χ0v) is 12.1. The van der Waals surface area contributed by atoms with Crippen LogP contribution in [0.15, 0.2) is 24.3 Å². The van der Waals surface area contributed by atoms with Crippen molar-refractivity contribution in [3.8, 4) is 5.75 Å². The van der Waals surface area contributed by atoms with Crippen molar-refractivity contribution in [2.24, 2.45) is 0 Å². The van der Waals surface area contributed by atoms with E-state index in [1.54, 1.807) is 14.2 Å². The second kappa shape index (κ2) is 9.34. The Kier molecular flexibility index (Phi) is 7.69. The molecule has 1 amide bonds. The summed E-state index contributed by atoms with van der Waals surface area (Å²) in [7, 11) is 3.20. The summed E-state index contributed by atoms with van der Waals surface area (Å²) < 4.78 is 10.1. The van der Waals surface area contributed by atoms with Gasteiger partial charge in [-0.2, -0.15) is 0 Å². The Labute approximate surface area is 119 Å². The number of methoxy groups -OCH3 is 2. The minimum Gasteiger partial charge on any atom is -0.497 e. The van der Waals surface area contributed by atoms with Gasteiger partial charge in [-0.05, 0) is 30.5 Å². The van der Waals surface area contributed by atoms with Gasteiger partial charge in [0.15, 0.2) is 0 Å². The Morgan fingerprint density at radius 1 is 1.30 bits per heavy atom. The molecule has 0 radical (unpaired) electrons. The van der Waals surface area contributed by atoms with E-state index in [-0.39, 0.29) is 18.6 Å². The third kappa shape index (κ3) is 6.04. The molecule has 0 saturated carbocycles. The van der Waals surface area contributed by atoms with Gasteiger partial charge in [-0.15, -0.1) is 0 Å². The molecule has 1 unspecified atom stereocenters. The Hall–Kier alpha value is -1.59. The first-order chi connectivity index (χ1) is 9.69. The Morgan fingerprint density at radius 3 is 2.55 bits per heavy atom. The maximum Gasteiger partial charge on any atom is 0.220 e. The Balaban J connectivity index is 2.37. The van der Waals surface area contributed by atoms with Crippen LogP contribution >= 0.6 is 0 Å². The van der Waals surface area contributed by atoms with Crippen molar-refractivity contribution in [1.29, 1.82) is 0 Å². The monoisotopic (exact) mass is 281 g/mol. The van der Waals surface area contributed by atoms with Gasteiger partial charge in [0, 0.05) is 20.1 Å². The lowest BCUT2D eigenvalue weighted by Crippen LogP contribution is -2.38. The molecule has 0 aliphatic rings. The summed E-state index contributed by atoms with van der Waals surface area (Å²) in [5, 5.41) is 11.8. The van der Waals surface area contributed by atoms with E-state index >= 15 is 0 Å². The van der Waals surface area contributed by atoms with Gasteiger partial charge >= 0.3 is 0 Å². The fraction of sp³-hybridized carbons (Fsp3) is 0.533. The first-order valence-electron chi connectivity index (χ1n) is 6.71. The minimum absolute atomic E-state index is 0.0312. The van der Waals surface area contributed by atoms with Crippen LogP contribution in [0.1, 0.15) is 18.4 Å². The molecule has 0 aliphatic carbocycles. The van der Waals surface area contributed by atoms with E-state index in [0.29, 0.717) is 25.9 Å². The van der Waals surface area contributed by atoms with Crippen molar-refractivity contribution in [3.63, 3.8) is 0 Å². The molecule has 2 N–H and O–H groups in total. The van der Waals surface area contributed by atoms with Crippen LogP contribution in [-0.2, 0) is 16.0 Å². The second-order valence-electron chi connectivity index (χ2n) is 4.58. The standard InChI is InChI=1S/C15H23NO4/c1-19-11-13(9-10-17)16-15(18)8-5-12-3-6-14(20-2)7-4-12/h3-4,6-7,13,17H,5,8-11H2,1-2H3,(H,16,18). The van der Waals surface area contributed by atoms with E-state index in [1.807, 2.05) is 24.3 Å².